The van der Waals surface area contributed by atoms with E-state index in [9.17, 15) is 14.2 Å². The van der Waals surface area contributed by atoms with Gasteiger partial charge in [0.05, 0.1) is 19.6 Å². The Hall–Kier alpha value is -1.43. The highest BCUT2D eigenvalue weighted by molar-refractivity contribution is 7.55. The molecule has 8 heteroatoms. The van der Waals surface area contributed by atoms with E-state index in [0.29, 0.717) is 12.8 Å². The summed E-state index contributed by atoms with van der Waals surface area (Å²) in [7, 11) is -3.91. The number of ether oxygens (including phenoxy) is 2. The van der Waals surface area contributed by atoms with E-state index < -0.39 is 31.6 Å². The highest BCUT2D eigenvalue weighted by atomic mass is 31.2. The fraction of sp³-hybridized carbons (Fsp3) is 0.667. The van der Waals surface area contributed by atoms with Crippen LogP contribution in [0.15, 0.2) is 25.3 Å². The molecule has 0 aliphatic rings. The fourth-order valence-corrected chi connectivity index (χ4v) is 3.73. The number of rotatable bonds is 16. The molecule has 0 aromatic heterocycles. The minimum absolute atomic E-state index is 0.00898. The normalized spacial score (nSPS) is 12.2. The highest BCUT2D eigenvalue weighted by Crippen LogP contribution is 2.55. The van der Waals surface area contributed by atoms with Crippen molar-refractivity contribution >= 4 is 19.5 Å². The van der Waals surface area contributed by atoms with Crippen molar-refractivity contribution in [1.82, 2.24) is 0 Å². The van der Waals surface area contributed by atoms with Crippen LogP contribution in [0.5, 0.6) is 0 Å². The van der Waals surface area contributed by atoms with Crippen LogP contribution in [0.1, 0.15) is 46.0 Å². The van der Waals surface area contributed by atoms with Gasteiger partial charge < -0.3 is 18.5 Å². The first-order valence-electron chi connectivity index (χ1n) is 8.87. The molecule has 0 aromatic carbocycles. The summed E-state index contributed by atoms with van der Waals surface area (Å²) in [6.07, 6.45) is 5.26. The Morgan fingerprint density at radius 3 is 1.92 bits per heavy atom. The van der Waals surface area contributed by atoms with Crippen LogP contribution in [-0.4, -0.2) is 44.0 Å². The Morgan fingerprint density at radius 1 is 0.962 bits per heavy atom. The van der Waals surface area contributed by atoms with E-state index in [0.717, 1.165) is 12.8 Å². The van der Waals surface area contributed by atoms with Crippen molar-refractivity contribution in [3.63, 3.8) is 0 Å². The first-order valence-corrected chi connectivity index (χ1v) is 10.5. The number of hydrogen-bond donors (Lipinski definition) is 0. The molecule has 0 radical (unpaired) electrons. The lowest BCUT2D eigenvalue weighted by molar-refractivity contribution is -0.149. The van der Waals surface area contributed by atoms with Crippen molar-refractivity contribution in [2.24, 2.45) is 0 Å². The topological polar surface area (TPSA) is 88.1 Å². The Labute approximate surface area is 156 Å². The van der Waals surface area contributed by atoms with Gasteiger partial charge in [-0.15, -0.1) is 0 Å². The quantitative estimate of drug-likeness (QED) is 0.170. The first-order chi connectivity index (χ1) is 12.4. The summed E-state index contributed by atoms with van der Waals surface area (Å²) < 4.78 is 34.1. The third kappa shape index (κ3) is 9.90. The molecule has 0 aliphatic heterocycles. The molecular weight excluding hydrogens is 359 g/mol. The zero-order valence-corrected chi connectivity index (χ0v) is 16.7. The predicted octanol–water partition coefficient (Wildman–Crippen LogP) is 4.03. The molecule has 0 fully saturated rings. The van der Waals surface area contributed by atoms with Gasteiger partial charge in [0.25, 0.3) is 0 Å². The van der Waals surface area contributed by atoms with Gasteiger partial charge in [-0.25, -0.2) is 0 Å². The Bertz CT molecular complexity index is 476. The van der Waals surface area contributed by atoms with E-state index in [-0.39, 0.29) is 26.4 Å². The van der Waals surface area contributed by atoms with E-state index >= 15 is 0 Å². The lowest BCUT2D eigenvalue weighted by Crippen LogP contribution is -2.29. The molecule has 0 aliphatic carbocycles. The van der Waals surface area contributed by atoms with Gasteiger partial charge in [0, 0.05) is 0 Å². The number of esters is 2. The maximum Gasteiger partial charge on any atom is 0.345 e. The van der Waals surface area contributed by atoms with E-state index in [2.05, 4.69) is 13.2 Å². The summed E-state index contributed by atoms with van der Waals surface area (Å²) >= 11 is 0. The number of hydrogen-bond acceptors (Lipinski definition) is 7. The number of carbonyl (C=O) groups is 2. The van der Waals surface area contributed by atoms with Gasteiger partial charge in [-0.1, -0.05) is 52.0 Å². The summed E-state index contributed by atoms with van der Waals surface area (Å²) in [5.74, 6) is -1.54. The van der Waals surface area contributed by atoms with E-state index in [4.69, 9.17) is 18.5 Å². The van der Waals surface area contributed by atoms with Crippen LogP contribution in [0.3, 0.4) is 0 Å². The van der Waals surface area contributed by atoms with Crippen LogP contribution in [0.2, 0.25) is 0 Å². The Morgan fingerprint density at radius 2 is 1.46 bits per heavy atom. The van der Waals surface area contributed by atoms with Gasteiger partial charge in [-0.05, 0) is 12.8 Å². The van der Waals surface area contributed by atoms with Crippen LogP contribution >= 0.6 is 7.60 Å². The molecule has 0 N–H and O–H groups in total. The van der Waals surface area contributed by atoms with Crippen LogP contribution in [-0.2, 0) is 32.7 Å². The highest BCUT2D eigenvalue weighted by Gasteiger charge is 2.44. The summed E-state index contributed by atoms with van der Waals surface area (Å²) in [6, 6.07) is 0. The van der Waals surface area contributed by atoms with E-state index in [1.54, 1.807) is 0 Å². The predicted molar refractivity (Wildman–Crippen MR) is 100 cm³/mol. The first kappa shape index (κ1) is 24.6. The second kappa shape index (κ2) is 14.7. The van der Waals surface area contributed by atoms with Gasteiger partial charge in [-0.3, -0.25) is 14.2 Å². The third-order valence-corrected chi connectivity index (χ3v) is 5.50. The number of unbranched alkanes of at least 4 members (excludes halogenated alkanes) is 2. The van der Waals surface area contributed by atoms with Crippen molar-refractivity contribution in [2.75, 3.05) is 26.4 Å². The summed E-state index contributed by atoms with van der Waals surface area (Å²) in [5.41, 5.74) is -1.38. The molecule has 0 unspecified atom stereocenters. The third-order valence-electron chi connectivity index (χ3n) is 3.26. The largest absolute Gasteiger partial charge is 0.461 e. The second-order valence-electron chi connectivity index (χ2n) is 5.52. The molecule has 0 bridgehead atoms. The average Bonchev–Trinajstić information content (AvgIpc) is 2.62. The molecule has 0 saturated heterocycles. The SMILES string of the molecule is C=CCOC(=O)C[C@@H](C(=O)OCC=C)P(=O)(OCCCC)OCCCC. The minimum atomic E-state index is -3.91. The van der Waals surface area contributed by atoms with Crippen molar-refractivity contribution in [3.05, 3.63) is 25.3 Å². The van der Waals surface area contributed by atoms with Gasteiger partial charge in [0.1, 0.15) is 13.2 Å². The fourth-order valence-electron chi connectivity index (χ4n) is 1.82. The molecule has 0 aromatic rings. The van der Waals surface area contributed by atoms with Crippen molar-refractivity contribution in [3.8, 4) is 0 Å². The second-order valence-corrected chi connectivity index (χ2v) is 7.74. The monoisotopic (exact) mass is 390 g/mol. The molecule has 150 valence electrons. The van der Waals surface area contributed by atoms with Crippen molar-refractivity contribution in [1.29, 1.82) is 0 Å². The lowest BCUT2D eigenvalue weighted by atomic mass is 10.3. The van der Waals surface area contributed by atoms with Crippen LogP contribution in [0.4, 0.5) is 0 Å². The summed E-state index contributed by atoms with van der Waals surface area (Å²) in [4.78, 5) is 24.4. The molecule has 26 heavy (non-hydrogen) atoms. The average molecular weight is 390 g/mol. The molecule has 0 amide bonds. The van der Waals surface area contributed by atoms with Gasteiger partial charge in [0.2, 0.25) is 0 Å². The van der Waals surface area contributed by atoms with Crippen molar-refractivity contribution < 1.29 is 32.7 Å². The summed E-state index contributed by atoms with van der Waals surface area (Å²) in [6.45, 7) is 11.1. The van der Waals surface area contributed by atoms with Crippen LogP contribution < -0.4 is 0 Å². The van der Waals surface area contributed by atoms with E-state index in [1.807, 2.05) is 13.8 Å². The molecule has 0 heterocycles. The van der Waals surface area contributed by atoms with Gasteiger partial charge >= 0.3 is 19.5 Å². The Kier molecular flexibility index (Phi) is 13.9. The smallest absolute Gasteiger partial charge is 0.345 e. The zero-order valence-electron chi connectivity index (χ0n) is 15.8. The molecule has 0 rings (SSSR count). The maximum absolute atomic E-state index is 13.3. The lowest BCUT2D eigenvalue weighted by Gasteiger charge is -2.25. The van der Waals surface area contributed by atoms with Crippen LogP contribution in [0.25, 0.3) is 0 Å². The maximum atomic E-state index is 13.3. The zero-order chi connectivity index (χ0) is 19.8. The van der Waals surface area contributed by atoms with E-state index in [1.165, 1.54) is 12.2 Å². The molecular formula is C18H31O7P. The summed E-state index contributed by atoms with van der Waals surface area (Å²) in [5, 5.41) is 0. The standard InChI is InChI=1S/C18H31O7P/c1-5-9-13-24-26(21,25-14-10-6-2)16(18(20)23-12-8-4)15-17(19)22-11-7-3/h7-8,16H,3-6,9-15H2,1-2H3/t16-/m0/s1. The Balaban J connectivity index is 5.38. The molecule has 0 spiro atoms. The van der Waals surface area contributed by atoms with Gasteiger partial charge in [0.15, 0.2) is 5.66 Å². The number of carbonyl (C=O) groups excluding carboxylic acids is 2. The molecule has 1 atom stereocenters. The van der Waals surface area contributed by atoms with Gasteiger partial charge in [-0.2, -0.15) is 0 Å². The molecule has 7 nitrogen and oxygen atoms in total. The molecule has 0 saturated carbocycles. The van der Waals surface area contributed by atoms with Crippen molar-refractivity contribution in [2.45, 2.75) is 51.6 Å². The van der Waals surface area contributed by atoms with Crippen LogP contribution in [0, 0.1) is 0 Å². The minimum Gasteiger partial charge on any atom is -0.461 e.